The third-order valence-electron chi connectivity index (χ3n) is 1.99. The fraction of sp³-hybridized carbons (Fsp3) is 0.0833. The average Bonchev–Trinajstić information content (AvgIpc) is 2.37. The molecule has 0 amide bonds. The van der Waals surface area contributed by atoms with Gasteiger partial charge in [-0.1, -0.05) is 12.7 Å². The van der Waals surface area contributed by atoms with Crippen LogP contribution in [0.1, 0.15) is 10.4 Å². The number of carbonyl (C=O) groups excluding carboxylic acids is 1. The summed E-state index contributed by atoms with van der Waals surface area (Å²) in [7, 11) is 0. The Morgan fingerprint density at radius 1 is 1.40 bits per heavy atom. The van der Waals surface area contributed by atoms with E-state index < -0.39 is 11.8 Å². The zero-order valence-corrected chi connectivity index (χ0v) is 10.5. The van der Waals surface area contributed by atoms with Crippen LogP contribution in [0, 0.1) is 5.82 Å². The molecule has 0 bridgehead atoms. The molecular weight excluding hydrogens is 265 g/mol. The van der Waals surface area contributed by atoms with Crippen LogP contribution in [0.25, 0.3) is 0 Å². The van der Waals surface area contributed by atoms with Crippen molar-refractivity contribution < 1.29 is 13.9 Å². The van der Waals surface area contributed by atoms with Crippen molar-refractivity contribution in [1.29, 1.82) is 0 Å². The van der Waals surface area contributed by atoms with Gasteiger partial charge < -0.3 is 21.9 Å². The van der Waals surface area contributed by atoms with Gasteiger partial charge in [-0.2, -0.15) is 4.99 Å². The highest BCUT2D eigenvalue weighted by atomic mass is 19.1. The van der Waals surface area contributed by atoms with Gasteiger partial charge >= 0.3 is 5.97 Å². The van der Waals surface area contributed by atoms with Crippen LogP contribution in [0.15, 0.2) is 40.8 Å². The highest BCUT2D eigenvalue weighted by molar-refractivity contribution is 5.94. The Morgan fingerprint density at radius 2 is 2.10 bits per heavy atom. The van der Waals surface area contributed by atoms with E-state index >= 15 is 0 Å². The number of ether oxygens (including phenoxy) is 1. The molecule has 0 aliphatic rings. The first-order valence-electron chi connectivity index (χ1n) is 5.45. The summed E-state index contributed by atoms with van der Waals surface area (Å²) in [6, 6.07) is 3.58. The average molecular weight is 279 g/mol. The van der Waals surface area contributed by atoms with Crippen molar-refractivity contribution in [1.82, 2.24) is 0 Å². The lowest BCUT2D eigenvalue weighted by atomic mass is 10.2. The summed E-state index contributed by atoms with van der Waals surface area (Å²) in [5.74, 6) is -2.02. The van der Waals surface area contributed by atoms with Gasteiger partial charge in [0.05, 0.1) is 5.56 Å². The Balaban J connectivity index is 2.96. The Bertz CT molecular complexity index is 579. The lowest BCUT2D eigenvalue weighted by molar-refractivity contribution is 0.0549. The third-order valence-corrected chi connectivity index (χ3v) is 1.99. The number of benzene rings is 1. The summed E-state index contributed by atoms with van der Waals surface area (Å²) >= 11 is 0. The Hall–Kier alpha value is -2.90. The maximum Gasteiger partial charge on any atom is 0.338 e. The maximum absolute atomic E-state index is 13.7. The van der Waals surface area contributed by atoms with Crippen LogP contribution in [0.4, 0.5) is 10.1 Å². The van der Waals surface area contributed by atoms with Gasteiger partial charge in [0, 0.05) is 0 Å². The van der Waals surface area contributed by atoms with Crippen molar-refractivity contribution in [2.24, 2.45) is 27.2 Å². The summed E-state index contributed by atoms with van der Waals surface area (Å²) in [4.78, 5) is 18.6. The molecule has 7 nitrogen and oxygen atoms in total. The normalized spacial score (nSPS) is 10.8. The fourth-order valence-electron chi connectivity index (χ4n) is 1.22. The van der Waals surface area contributed by atoms with Crippen molar-refractivity contribution in [2.45, 2.75) is 0 Å². The molecule has 0 spiro atoms. The summed E-state index contributed by atoms with van der Waals surface area (Å²) in [6.45, 7) is 3.44. The molecule has 106 valence electrons. The standard InChI is InChI=1S/C12H14FN5O2/c1-2-5-20-10(19)7-3-4-9(8(13)6-7)17-12(16)18-11(14)15/h2-4,6H,1,5H2,(H6,14,15,16,17,18). The van der Waals surface area contributed by atoms with Gasteiger partial charge in [-0.05, 0) is 18.2 Å². The monoisotopic (exact) mass is 279 g/mol. The van der Waals surface area contributed by atoms with Crippen LogP contribution >= 0.6 is 0 Å². The first-order valence-corrected chi connectivity index (χ1v) is 5.45. The summed E-state index contributed by atoms with van der Waals surface area (Å²) in [6.07, 6.45) is 1.41. The van der Waals surface area contributed by atoms with E-state index in [-0.39, 0.29) is 29.8 Å². The van der Waals surface area contributed by atoms with Gasteiger partial charge in [0.1, 0.15) is 18.1 Å². The van der Waals surface area contributed by atoms with E-state index in [4.69, 9.17) is 21.9 Å². The molecule has 1 aromatic rings. The van der Waals surface area contributed by atoms with Crippen molar-refractivity contribution in [3.8, 4) is 0 Å². The zero-order valence-electron chi connectivity index (χ0n) is 10.5. The third kappa shape index (κ3) is 4.41. The predicted molar refractivity (Wildman–Crippen MR) is 74.0 cm³/mol. The molecule has 0 atom stereocenters. The van der Waals surface area contributed by atoms with Crippen LogP contribution in [0.5, 0.6) is 0 Å². The molecule has 0 saturated heterocycles. The quantitative estimate of drug-likeness (QED) is 0.318. The molecule has 8 heteroatoms. The second-order valence-electron chi connectivity index (χ2n) is 3.56. The van der Waals surface area contributed by atoms with E-state index in [1.807, 2.05) is 0 Å². The number of carbonyl (C=O) groups is 1. The number of aliphatic imine (C=N–C) groups is 2. The largest absolute Gasteiger partial charge is 0.458 e. The fourth-order valence-corrected chi connectivity index (χ4v) is 1.22. The van der Waals surface area contributed by atoms with Crippen LogP contribution < -0.4 is 17.2 Å². The molecule has 0 radical (unpaired) electrons. The van der Waals surface area contributed by atoms with Gasteiger partial charge in [-0.25, -0.2) is 14.2 Å². The Kier molecular flexibility index (Phi) is 5.21. The lowest BCUT2D eigenvalue weighted by Gasteiger charge is -2.03. The van der Waals surface area contributed by atoms with Crippen molar-refractivity contribution >= 4 is 23.6 Å². The number of hydrogen-bond acceptors (Lipinski definition) is 3. The zero-order chi connectivity index (χ0) is 15.1. The van der Waals surface area contributed by atoms with E-state index in [2.05, 4.69) is 16.6 Å². The van der Waals surface area contributed by atoms with Crippen LogP contribution in [-0.4, -0.2) is 24.5 Å². The van der Waals surface area contributed by atoms with E-state index in [1.165, 1.54) is 18.2 Å². The van der Waals surface area contributed by atoms with Crippen LogP contribution in [0.2, 0.25) is 0 Å². The first-order chi connectivity index (χ1) is 9.43. The minimum atomic E-state index is -0.758. The molecule has 0 unspecified atom stereocenters. The lowest BCUT2D eigenvalue weighted by Crippen LogP contribution is -2.26. The molecule has 0 fully saturated rings. The minimum Gasteiger partial charge on any atom is -0.458 e. The maximum atomic E-state index is 13.7. The highest BCUT2D eigenvalue weighted by Gasteiger charge is 2.10. The number of nitrogens with two attached hydrogens (primary N) is 3. The predicted octanol–water partition coefficient (Wildman–Crippen LogP) is 0.388. The molecule has 1 rings (SSSR count). The Labute approximate surface area is 114 Å². The molecule has 20 heavy (non-hydrogen) atoms. The second-order valence-corrected chi connectivity index (χ2v) is 3.56. The number of nitrogens with zero attached hydrogens (tertiary/aromatic N) is 2. The van der Waals surface area contributed by atoms with E-state index in [0.717, 1.165) is 6.07 Å². The second kappa shape index (κ2) is 6.88. The van der Waals surface area contributed by atoms with Crippen molar-refractivity contribution in [2.75, 3.05) is 6.61 Å². The number of guanidine groups is 2. The first kappa shape index (κ1) is 15.2. The smallest absolute Gasteiger partial charge is 0.338 e. The SMILES string of the molecule is C=CCOC(=O)c1ccc(N=C(N)N=C(N)N)c(F)c1. The summed E-state index contributed by atoms with van der Waals surface area (Å²) < 4.78 is 18.5. The molecule has 1 aromatic carbocycles. The minimum absolute atomic E-state index is 0.0395. The molecule has 0 aromatic heterocycles. The molecule has 0 aliphatic carbocycles. The van der Waals surface area contributed by atoms with Crippen LogP contribution in [-0.2, 0) is 4.74 Å². The number of esters is 1. The van der Waals surface area contributed by atoms with Gasteiger partial charge in [0.2, 0.25) is 5.96 Å². The molecule has 0 aliphatic heterocycles. The Morgan fingerprint density at radius 3 is 2.65 bits per heavy atom. The summed E-state index contributed by atoms with van der Waals surface area (Å²) in [5.41, 5.74) is 15.5. The van der Waals surface area contributed by atoms with Gasteiger partial charge in [0.15, 0.2) is 5.96 Å². The number of halogens is 1. The topological polar surface area (TPSA) is 129 Å². The number of hydrogen-bond donors (Lipinski definition) is 3. The van der Waals surface area contributed by atoms with Gasteiger partial charge in [0.25, 0.3) is 0 Å². The van der Waals surface area contributed by atoms with Gasteiger partial charge in [-0.15, -0.1) is 0 Å². The molecular formula is C12H14FN5O2. The van der Waals surface area contributed by atoms with Crippen molar-refractivity contribution in [3.05, 3.63) is 42.2 Å². The number of rotatable bonds is 4. The van der Waals surface area contributed by atoms with Crippen molar-refractivity contribution in [3.63, 3.8) is 0 Å². The summed E-state index contributed by atoms with van der Waals surface area (Å²) in [5, 5.41) is 0. The van der Waals surface area contributed by atoms with E-state index in [1.54, 1.807) is 0 Å². The molecule has 0 heterocycles. The van der Waals surface area contributed by atoms with Gasteiger partial charge in [-0.3, -0.25) is 0 Å². The van der Waals surface area contributed by atoms with E-state index in [0.29, 0.717) is 0 Å². The van der Waals surface area contributed by atoms with E-state index in [9.17, 15) is 9.18 Å². The molecule has 6 N–H and O–H groups in total. The molecule has 0 saturated carbocycles. The highest BCUT2D eigenvalue weighted by Crippen LogP contribution is 2.19. The van der Waals surface area contributed by atoms with Crippen LogP contribution in [0.3, 0.4) is 0 Å².